The Bertz CT molecular complexity index is 394. The lowest BCUT2D eigenvalue weighted by Gasteiger charge is -2.34. The molecule has 0 amide bonds. The molecule has 1 saturated carbocycles. The monoisotopic (exact) mass is 279 g/mol. The van der Waals surface area contributed by atoms with Crippen molar-refractivity contribution in [2.45, 2.75) is 65.8 Å². The zero-order chi connectivity index (χ0) is 13.9. The molecule has 2 atom stereocenters. The van der Waals surface area contributed by atoms with Gasteiger partial charge in [-0.15, -0.1) is 11.3 Å². The molecular formula is C17H29NS. The van der Waals surface area contributed by atoms with Crippen LogP contribution in [0.3, 0.4) is 0 Å². The van der Waals surface area contributed by atoms with E-state index in [1.54, 1.807) is 4.88 Å². The molecule has 108 valence electrons. The van der Waals surface area contributed by atoms with Gasteiger partial charge in [0.1, 0.15) is 0 Å². The Kier molecular flexibility index (Phi) is 5.08. The molecule has 1 aromatic heterocycles. The van der Waals surface area contributed by atoms with Gasteiger partial charge in [-0.1, -0.05) is 34.1 Å². The maximum absolute atomic E-state index is 3.83. The van der Waals surface area contributed by atoms with Crippen LogP contribution in [0, 0.1) is 11.3 Å². The molecular weight excluding hydrogens is 250 g/mol. The van der Waals surface area contributed by atoms with Gasteiger partial charge in [-0.05, 0) is 55.7 Å². The molecule has 1 aliphatic carbocycles. The molecule has 1 N–H and O–H groups in total. The first-order valence-electron chi connectivity index (χ1n) is 7.90. The van der Waals surface area contributed by atoms with Gasteiger partial charge in [0.15, 0.2) is 0 Å². The molecule has 0 bridgehead atoms. The number of aryl methyl sites for hydroxylation is 1. The third-order valence-electron chi connectivity index (χ3n) is 4.69. The zero-order valence-electron chi connectivity index (χ0n) is 13.0. The summed E-state index contributed by atoms with van der Waals surface area (Å²) in [5.74, 6) is 0.794. The van der Waals surface area contributed by atoms with E-state index in [1.807, 2.05) is 11.3 Å². The Morgan fingerprint density at radius 2 is 2.16 bits per heavy atom. The van der Waals surface area contributed by atoms with Crippen molar-refractivity contribution in [3.05, 3.63) is 21.9 Å². The van der Waals surface area contributed by atoms with Crippen LogP contribution in [-0.2, 0) is 6.42 Å². The summed E-state index contributed by atoms with van der Waals surface area (Å²) in [5.41, 5.74) is 0.488. The lowest BCUT2D eigenvalue weighted by Crippen LogP contribution is -2.33. The minimum Gasteiger partial charge on any atom is -0.309 e. The highest BCUT2D eigenvalue weighted by Crippen LogP contribution is 2.49. The van der Waals surface area contributed by atoms with Gasteiger partial charge in [0.25, 0.3) is 0 Å². The molecule has 2 rings (SSSR count). The SMILES string of the molecule is CCCNC(c1ccc(CC)s1)C1CCCC1(C)C. The van der Waals surface area contributed by atoms with Crippen molar-refractivity contribution >= 4 is 11.3 Å². The van der Waals surface area contributed by atoms with Crippen LogP contribution in [0.2, 0.25) is 0 Å². The van der Waals surface area contributed by atoms with E-state index in [0.29, 0.717) is 11.5 Å². The topological polar surface area (TPSA) is 12.0 Å². The molecule has 2 unspecified atom stereocenters. The maximum atomic E-state index is 3.83. The van der Waals surface area contributed by atoms with Crippen molar-refractivity contribution in [1.29, 1.82) is 0 Å². The summed E-state index contributed by atoms with van der Waals surface area (Å²) in [6.45, 7) is 10.6. The Morgan fingerprint density at radius 3 is 2.68 bits per heavy atom. The van der Waals surface area contributed by atoms with E-state index in [9.17, 15) is 0 Å². The predicted molar refractivity (Wildman–Crippen MR) is 85.9 cm³/mol. The average Bonchev–Trinajstić information content (AvgIpc) is 2.97. The third-order valence-corrected chi connectivity index (χ3v) is 6.01. The van der Waals surface area contributed by atoms with Gasteiger partial charge in [-0.3, -0.25) is 0 Å². The van der Waals surface area contributed by atoms with E-state index in [1.165, 1.54) is 37.0 Å². The average molecular weight is 279 g/mol. The van der Waals surface area contributed by atoms with Crippen molar-refractivity contribution in [3.8, 4) is 0 Å². The highest BCUT2D eigenvalue weighted by molar-refractivity contribution is 7.12. The summed E-state index contributed by atoms with van der Waals surface area (Å²) >= 11 is 2.02. The number of hydrogen-bond acceptors (Lipinski definition) is 2. The molecule has 2 heteroatoms. The second-order valence-electron chi connectivity index (χ2n) is 6.58. The fraction of sp³-hybridized carbons (Fsp3) is 0.765. The normalized spacial score (nSPS) is 23.7. The maximum Gasteiger partial charge on any atom is 0.0448 e. The Balaban J connectivity index is 2.20. The van der Waals surface area contributed by atoms with E-state index in [2.05, 4.69) is 45.1 Å². The van der Waals surface area contributed by atoms with E-state index < -0.39 is 0 Å². The number of nitrogens with one attached hydrogen (secondary N) is 1. The van der Waals surface area contributed by atoms with Crippen LogP contribution >= 0.6 is 11.3 Å². The summed E-state index contributed by atoms with van der Waals surface area (Å²) in [6, 6.07) is 5.26. The summed E-state index contributed by atoms with van der Waals surface area (Å²) in [6.07, 6.45) is 6.55. The third kappa shape index (κ3) is 3.41. The first kappa shape index (κ1) is 15.1. The molecule has 0 aliphatic heterocycles. The van der Waals surface area contributed by atoms with Gasteiger partial charge in [0.05, 0.1) is 0 Å². The molecule has 1 nitrogen and oxygen atoms in total. The van der Waals surface area contributed by atoms with Crippen molar-refractivity contribution in [1.82, 2.24) is 5.32 Å². The van der Waals surface area contributed by atoms with Crippen LogP contribution in [0.15, 0.2) is 12.1 Å². The van der Waals surface area contributed by atoms with E-state index in [-0.39, 0.29) is 0 Å². The molecule has 0 radical (unpaired) electrons. The molecule has 1 aliphatic rings. The van der Waals surface area contributed by atoms with Crippen LogP contribution in [0.4, 0.5) is 0 Å². The van der Waals surface area contributed by atoms with Gasteiger partial charge in [0.2, 0.25) is 0 Å². The van der Waals surface area contributed by atoms with E-state index in [0.717, 1.165) is 12.5 Å². The zero-order valence-corrected chi connectivity index (χ0v) is 13.8. The van der Waals surface area contributed by atoms with Gasteiger partial charge >= 0.3 is 0 Å². The Hall–Kier alpha value is -0.340. The smallest absolute Gasteiger partial charge is 0.0448 e. The predicted octanol–water partition coefficient (Wildman–Crippen LogP) is 5.18. The van der Waals surface area contributed by atoms with Gasteiger partial charge < -0.3 is 5.32 Å². The fourth-order valence-corrected chi connectivity index (χ4v) is 4.56. The van der Waals surface area contributed by atoms with Crippen LogP contribution in [0.1, 0.15) is 69.2 Å². The van der Waals surface area contributed by atoms with Gasteiger partial charge in [-0.2, -0.15) is 0 Å². The number of hydrogen-bond donors (Lipinski definition) is 1. The lowest BCUT2D eigenvalue weighted by atomic mass is 9.77. The number of thiophene rings is 1. The minimum absolute atomic E-state index is 0.488. The van der Waals surface area contributed by atoms with Crippen LogP contribution in [-0.4, -0.2) is 6.54 Å². The van der Waals surface area contributed by atoms with Crippen molar-refractivity contribution in [3.63, 3.8) is 0 Å². The van der Waals surface area contributed by atoms with Crippen molar-refractivity contribution < 1.29 is 0 Å². The summed E-state index contributed by atoms with van der Waals surface area (Å²) < 4.78 is 0. The van der Waals surface area contributed by atoms with Crippen LogP contribution in [0.5, 0.6) is 0 Å². The van der Waals surface area contributed by atoms with Crippen molar-refractivity contribution in [2.75, 3.05) is 6.54 Å². The van der Waals surface area contributed by atoms with Crippen molar-refractivity contribution in [2.24, 2.45) is 11.3 Å². The van der Waals surface area contributed by atoms with Crippen LogP contribution < -0.4 is 5.32 Å². The lowest BCUT2D eigenvalue weighted by molar-refractivity contribution is 0.200. The largest absolute Gasteiger partial charge is 0.309 e. The summed E-state index contributed by atoms with van der Waals surface area (Å²) in [4.78, 5) is 3.08. The molecule has 1 fully saturated rings. The summed E-state index contributed by atoms with van der Waals surface area (Å²) in [7, 11) is 0. The Morgan fingerprint density at radius 1 is 1.37 bits per heavy atom. The second-order valence-corrected chi connectivity index (χ2v) is 7.78. The second kappa shape index (κ2) is 6.41. The van der Waals surface area contributed by atoms with Gasteiger partial charge in [0, 0.05) is 15.8 Å². The molecule has 19 heavy (non-hydrogen) atoms. The van der Waals surface area contributed by atoms with Crippen LogP contribution in [0.25, 0.3) is 0 Å². The fourth-order valence-electron chi connectivity index (χ4n) is 3.46. The molecule has 0 spiro atoms. The first-order valence-corrected chi connectivity index (χ1v) is 8.72. The molecule has 1 heterocycles. The first-order chi connectivity index (χ1) is 9.08. The summed E-state index contributed by atoms with van der Waals surface area (Å²) in [5, 5.41) is 3.83. The van der Waals surface area contributed by atoms with E-state index in [4.69, 9.17) is 0 Å². The molecule has 1 aromatic rings. The van der Waals surface area contributed by atoms with Gasteiger partial charge in [-0.25, -0.2) is 0 Å². The molecule has 0 aromatic carbocycles. The number of rotatable bonds is 6. The minimum atomic E-state index is 0.488. The van der Waals surface area contributed by atoms with E-state index >= 15 is 0 Å². The molecule has 0 saturated heterocycles. The standard InChI is InChI=1S/C17H29NS/c1-5-12-18-16(14-8-7-11-17(14,3)4)15-10-9-13(6-2)19-15/h9-10,14,16,18H,5-8,11-12H2,1-4H3. The highest BCUT2D eigenvalue weighted by atomic mass is 32.1. The Labute approximate surface area is 122 Å². The highest BCUT2D eigenvalue weighted by Gasteiger charge is 2.40. The quantitative estimate of drug-likeness (QED) is 0.756.